The number of fused-ring (bicyclic) bond motifs is 1. The van der Waals surface area contributed by atoms with Gasteiger partial charge >= 0.3 is 6.03 Å². The summed E-state index contributed by atoms with van der Waals surface area (Å²) in [4.78, 5) is 30.9. The van der Waals surface area contributed by atoms with Crippen LogP contribution in [0.1, 0.15) is 39.2 Å². The van der Waals surface area contributed by atoms with E-state index in [2.05, 4.69) is 6.92 Å². The summed E-state index contributed by atoms with van der Waals surface area (Å²) in [5.41, 5.74) is 1.84. The van der Waals surface area contributed by atoms with E-state index in [-0.39, 0.29) is 30.0 Å². The second-order valence-corrected chi connectivity index (χ2v) is 10.0. The highest BCUT2D eigenvalue weighted by molar-refractivity contribution is 7.91. The molecule has 3 amide bonds. The zero-order chi connectivity index (χ0) is 21.2. The van der Waals surface area contributed by atoms with E-state index < -0.39 is 21.9 Å². The van der Waals surface area contributed by atoms with Gasteiger partial charge in [0.1, 0.15) is 6.54 Å². The molecule has 0 unspecified atom stereocenters. The number of carbonyl (C=O) groups excluding carboxylic acids is 2. The molecule has 2 atom stereocenters. The van der Waals surface area contributed by atoms with Crippen molar-refractivity contribution in [1.82, 2.24) is 9.80 Å². The van der Waals surface area contributed by atoms with Crippen LogP contribution < -0.4 is 4.90 Å². The number of anilines is 1. The van der Waals surface area contributed by atoms with Gasteiger partial charge in [0.25, 0.3) is 0 Å². The molecule has 2 saturated heterocycles. The number of rotatable bonds is 8. The van der Waals surface area contributed by atoms with Crippen molar-refractivity contribution in [2.75, 3.05) is 36.0 Å². The van der Waals surface area contributed by atoms with Gasteiger partial charge in [0.2, 0.25) is 5.91 Å². The Morgan fingerprint density at radius 3 is 2.17 bits per heavy atom. The van der Waals surface area contributed by atoms with Gasteiger partial charge in [-0.2, -0.15) is 0 Å². The van der Waals surface area contributed by atoms with Crippen LogP contribution >= 0.6 is 0 Å². The van der Waals surface area contributed by atoms with Crippen LogP contribution in [0.5, 0.6) is 0 Å². The van der Waals surface area contributed by atoms with E-state index >= 15 is 0 Å². The molecule has 0 N–H and O–H groups in total. The minimum atomic E-state index is -3.25. The van der Waals surface area contributed by atoms with Crippen LogP contribution in [0.25, 0.3) is 0 Å². The average molecular weight is 422 g/mol. The number of urea groups is 1. The molecule has 0 aliphatic carbocycles. The Hall–Kier alpha value is -2.09. The maximum absolute atomic E-state index is 13.2. The monoisotopic (exact) mass is 421 g/mol. The Kier molecular flexibility index (Phi) is 6.51. The second kappa shape index (κ2) is 8.73. The molecule has 2 aliphatic heterocycles. The van der Waals surface area contributed by atoms with Crippen LogP contribution in [-0.2, 0) is 21.1 Å². The van der Waals surface area contributed by atoms with Crippen LogP contribution in [0.4, 0.5) is 10.5 Å². The van der Waals surface area contributed by atoms with Crippen molar-refractivity contribution in [3.63, 3.8) is 0 Å². The summed E-state index contributed by atoms with van der Waals surface area (Å²) in [6.07, 6.45) is 2.58. The minimum Gasteiger partial charge on any atom is -0.341 e. The molecule has 0 spiro atoms. The van der Waals surface area contributed by atoms with Crippen molar-refractivity contribution in [2.45, 2.75) is 52.1 Å². The summed E-state index contributed by atoms with van der Waals surface area (Å²) in [6.45, 7) is 7.30. The van der Waals surface area contributed by atoms with Gasteiger partial charge in [-0.25, -0.2) is 13.2 Å². The normalized spacial score (nSPS) is 22.8. The zero-order valence-electron chi connectivity index (χ0n) is 17.5. The quantitative estimate of drug-likeness (QED) is 0.604. The third-order valence-corrected chi connectivity index (χ3v) is 7.44. The Bertz CT molecular complexity index is 847. The van der Waals surface area contributed by atoms with Crippen LogP contribution in [0.2, 0.25) is 0 Å². The summed E-state index contributed by atoms with van der Waals surface area (Å²) in [6, 6.07) is 6.44. The van der Waals surface area contributed by atoms with Crippen molar-refractivity contribution in [3.05, 3.63) is 29.8 Å². The number of amides is 3. The number of nitrogens with zero attached hydrogens (tertiary/aromatic N) is 3. The Labute approximate surface area is 173 Å². The second-order valence-electron chi connectivity index (χ2n) is 7.89. The summed E-state index contributed by atoms with van der Waals surface area (Å²) in [5.74, 6) is -0.257. The van der Waals surface area contributed by atoms with Crippen LogP contribution in [-0.4, -0.2) is 73.4 Å². The highest BCUT2D eigenvalue weighted by Crippen LogP contribution is 2.35. The first kappa shape index (κ1) is 21.6. The standard InChI is InChI=1S/C21H31N3O4S/c1-4-11-22(12-5-2)20(25)13-23-18-14-29(27,28)15-19(18)24(21(23)26)17-9-7-16(6-3)8-10-17/h7-10,18-19H,4-6,11-15H2,1-3H3/t18-,19+/m0/s1. The molecule has 0 bridgehead atoms. The summed E-state index contributed by atoms with van der Waals surface area (Å²) in [7, 11) is -3.25. The molecular formula is C21H31N3O4S. The van der Waals surface area contributed by atoms with E-state index in [4.69, 9.17) is 0 Å². The number of carbonyl (C=O) groups is 2. The maximum atomic E-state index is 13.2. The highest BCUT2D eigenvalue weighted by atomic mass is 32.2. The highest BCUT2D eigenvalue weighted by Gasteiger charge is 2.54. The van der Waals surface area contributed by atoms with E-state index in [0.717, 1.165) is 24.8 Å². The molecule has 2 aliphatic rings. The summed E-state index contributed by atoms with van der Waals surface area (Å²) < 4.78 is 24.7. The van der Waals surface area contributed by atoms with Crippen molar-refractivity contribution in [2.24, 2.45) is 0 Å². The number of benzene rings is 1. The van der Waals surface area contributed by atoms with E-state index in [0.29, 0.717) is 18.8 Å². The number of hydrogen-bond acceptors (Lipinski definition) is 4. The first-order valence-corrected chi connectivity index (χ1v) is 12.3. The molecule has 3 rings (SSSR count). The molecule has 0 radical (unpaired) electrons. The molecule has 160 valence electrons. The Morgan fingerprint density at radius 2 is 1.62 bits per heavy atom. The van der Waals surface area contributed by atoms with Gasteiger partial charge in [-0.3, -0.25) is 9.69 Å². The Morgan fingerprint density at radius 1 is 1.03 bits per heavy atom. The van der Waals surface area contributed by atoms with Gasteiger partial charge in [0.05, 0.1) is 23.6 Å². The predicted molar refractivity (Wildman–Crippen MR) is 114 cm³/mol. The van der Waals surface area contributed by atoms with E-state index in [9.17, 15) is 18.0 Å². The third-order valence-electron chi connectivity index (χ3n) is 5.75. The first-order valence-electron chi connectivity index (χ1n) is 10.5. The van der Waals surface area contributed by atoms with Crippen LogP contribution in [0.15, 0.2) is 24.3 Å². The molecule has 1 aromatic rings. The van der Waals surface area contributed by atoms with Gasteiger partial charge in [0, 0.05) is 18.8 Å². The molecule has 2 fully saturated rings. The molecule has 1 aromatic carbocycles. The summed E-state index contributed by atoms with van der Waals surface area (Å²) >= 11 is 0. The lowest BCUT2D eigenvalue weighted by Crippen LogP contribution is -2.46. The fraction of sp³-hybridized carbons (Fsp3) is 0.619. The topological polar surface area (TPSA) is 78.0 Å². The van der Waals surface area contributed by atoms with Crippen LogP contribution in [0, 0.1) is 0 Å². The third kappa shape index (κ3) is 4.42. The van der Waals surface area contributed by atoms with Gasteiger partial charge in [0.15, 0.2) is 9.84 Å². The average Bonchev–Trinajstić information content (AvgIpc) is 3.12. The lowest BCUT2D eigenvalue weighted by Gasteiger charge is -2.27. The first-order chi connectivity index (χ1) is 13.8. The molecule has 0 aromatic heterocycles. The fourth-order valence-electron chi connectivity index (χ4n) is 4.30. The van der Waals surface area contributed by atoms with Crippen molar-refractivity contribution >= 4 is 27.5 Å². The Balaban J connectivity index is 1.87. The minimum absolute atomic E-state index is 0.0583. The molecular weight excluding hydrogens is 390 g/mol. The van der Waals surface area contributed by atoms with Crippen molar-refractivity contribution in [3.8, 4) is 0 Å². The van der Waals surface area contributed by atoms with Crippen molar-refractivity contribution in [1.29, 1.82) is 0 Å². The van der Waals surface area contributed by atoms with E-state index in [1.807, 2.05) is 38.1 Å². The van der Waals surface area contributed by atoms with E-state index in [1.54, 1.807) is 9.80 Å². The predicted octanol–water partition coefficient (Wildman–Crippen LogP) is 2.31. The molecule has 8 heteroatoms. The lowest BCUT2D eigenvalue weighted by molar-refractivity contribution is -0.132. The number of hydrogen-bond donors (Lipinski definition) is 0. The maximum Gasteiger partial charge on any atom is 0.325 e. The van der Waals surface area contributed by atoms with Gasteiger partial charge in [-0.05, 0) is 37.0 Å². The number of sulfone groups is 1. The van der Waals surface area contributed by atoms with Crippen LogP contribution in [0.3, 0.4) is 0 Å². The zero-order valence-corrected chi connectivity index (χ0v) is 18.3. The largest absolute Gasteiger partial charge is 0.341 e. The van der Waals surface area contributed by atoms with Gasteiger partial charge < -0.3 is 9.80 Å². The van der Waals surface area contributed by atoms with E-state index in [1.165, 1.54) is 4.90 Å². The molecule has 29 heavy (non-hydrogen) atoms. The van der Waals surface area contributed by atoms with Crippen molar-refractivity contribution < 1.29 is 18.0 Å². The lowest BCUT2D eigenvalue weighted by atomic mass is 10.1. The molecule has 0 saturated carbocycles. The fourth-order valence-corrected chi connectivity index (χ4v) is 6.25. The van der Waals surface area contributed by atoms with Gasteiger partial charge in [-0.15, -0.1) is 0 Å². The number of aryl methyl sites for hydroxylation is 1. The van der Waals surface area contributed by atoms with Gasteiger partial charge in [-0.1, -0.05) is 32.9 Å². The SMILES string of the molecule is CCCN(CCC)C(=O)CN1C(=O)N(c2ccc(CC)cc2)[C@@H]2CS(=O)(=O)C[C@@H]21. The molecule has 2 heterocycles. The molecule has 7 nitrogen and oxygen atoms in total. The smallest absolute Gasteiger partial charge is 0.325 e. The summed E-state index contributed by atoms with van der Waals surface area (Å²) in [5, 5.41) is 0.